The monoisotopic (exact) mass is 293 g/mol. The van der Waals surface area contributed by atoms with E-state index in [1.54, 1.807) is 0 Å². The van der Waals surface area contributed by atoms with Gasteiger partial charge in [-0.15, -0.1) is 11.3 Å². The van der Waals surface area contributed by atoms with Gasteiger partial charge in [-0.25, -0.2) is 0 Å². The molecule has 2 rings (SSSR count). The Bertz CT molecular complexity index is 414. The third-order valence-corrected chi connectivity index (χ3v) is 4.63. The quantitative estimate of drug-likeness (QED) is 0.929. The molecule has 94 valence electrons. The number of hydrogen-bond acceptors (Lipinski definition) is 3. The number of aliphatic carboxylic acids is 1. The number of carboxylic acids is 1. The summed E-state index contributed by atoms with van der Waals surface area (Å²) in [6, 6.07) is 1.89. The number of nitrogens with zero attached hydrogens (tertiary/aromatic N) is 1. The predicted molar refractivity (Wildman–Crippen MR) is 70.0 cm³/mol. The van der Waals surface area contributed by atoms with Crippen molar-refractivity contribution in [1.82, 2.24) is 4.90 Å². The fraction of sp³-hybridized carbons (Fsp3) is 0.545. The Morgan fingerprint density at radius 1 is 1.47 bits per heavy atom. The molecule has 1 N–H and O–H groups in total. The number of halogens is 2. The van der Waals surface area contributed by atoms with Crippen molar-refractivity contribution in [2.75, 3.05) is 13.1 Å². The Morgan fingerprint density at radius 3 is 2.59 bits per heavy atom. The van der Waals surface area contributed by atoms with Crippen LogP contribution in [0, 0.1) is 5.92 Å². The van der Waals surface area contributed by atoms with E-state index in [-0.39, 0.29) is 5.92 Å². The van der Waals surface area contributed by atoms with Gasteiger partial charge in [0.15, 0.2) is 0 Å². The molecule has 0 aromatic carbocycles. The van der Waals surface area contributed by atoms with Gasteiger partial charge in [-0.3, -0.25) is 9.69 Å². The van der Waals surface area contributed by atoms with E-state index in [4.69, 9.17) is 28.3 Å². The van der Waals surface area contributed by atoms with E-state index in [1.165, 1.54) is 11.3 Å². The minimum atomic E-state index is -0.679. The molecule has 0 spiro atoms. The van der Waals surface area contributed by atoms with Crippen LogP contribution < -0.4 is 0 Å². The highest BCUT2D eigenvalue weighted by atomic mass is 35.5. The number of hydrogen-bond donors (Lipinski definition) is 1. The molecule has 3 nitrogen and oxygen atoms in total. The van der Waals surface area contributed by atoms with Crippen molar-refractivity contribution < 1.29 is 9.90 Å². The van der Waals surface area contributed by atoms with E-state index in [2.05, 4.69) is 4.90 Å². The molecule has 0 radical (unpaired) electrons. The Kier molecular flexibility index (Phi) is 4.31. The normalized spacial score (nSPS) is 18.5. The molecule has 1 fully saturated rings. The molecule has 17 heavy (non-hydrogen) atoms. The lowest BCUT2D eigenvalue weighted by Gasteiger charge is -2.29. The van der Waals surface area contributed by atoms with E-state index in [9.17, 15) is 4.79 Å². The summed E-state index contributed by atoms with van der Waals surface area (Å²) in [4.78, 5) is 13.0. The highest BCUT2D eigenvalue weighted by Crippen LogP contribution is 2.32. The summed E-state index contributed by atoms with van der Waals surface area (Å²) >= 11 is 13.3. The van der Waals surface area contributed by atoms with Crippen LogP contribution in [0.1, 0.15) is 18.4 Å². The molecule has 6 heteroatoms. The Morgan fingerprint density at radius 2 is 2.12 bits per heavy atom. The molecule has 0 aliphatic carbocycles. The Labute approximate surface area is 114 Å². The van der Waals surface area contributed by atoms with E-state index >= 15 is 0 Å². The van der Waals surface area contributed by atoms with Crippen molar-refractivity contribution in [3.05, 3.63) is 20.3 Å². The first-order valence-electron chi connectivity index (χ1n) is 5.45. The van der Waals surface area contributed by atoms with Gasteiger partial charge in [-0.1, -0.05) is 23.2 Å². The van der Waals surface area contributed by atoms with Gasteiger partial charge in [-0.05, 0) is 37.6 Å². The van der Waals surface area contributed by atoms with Crippen LogP contribution in [0.25, 0.3) is 0 Å². The SMILES string of the molecule is O=C(O)C1CCN(Cc2cc(Cl)sc2Cl)CC1. The van der Waals surface area contributed by atoms with Crippen molar-refractivity contribution in [1.29, 1.82) is 0 Å². The van der Waals surface area contributed by atoms with E-state index in [0.29, 0.717) is 17.2 Å². The van der Waals surface area contributed by atoms with Gasteiger partial charge in [-0.2, -0.15) is 0 Å². The molecule has 1 aromatic heterocycles. The molecule has 0 amide bonds. The Hall–Kier alpha value is -0.290. The van der Waals surface area contributed by atoms with Crippen LogP contribution in [0.2, 0.25) is 8.67 Å². The number of likely N-dealkylation sites (tertiary alicyclic amines) is 1. The highest BCUT2D eigenvalue weighted by Gasteiger charge is 2.24. The average molecular weight is 294 g/mol. The molecule has 0 saturated carbocycles. The number of piperidine rings is 1. The summed E-state index contributed by atoms with van der Waals surface area (Å²) in [5.74, 6) is -0.867. The fourth-order valence-electron chi connectivity index (χ4n) is 2.06. The van der Waals surface area contributed by atoms with Gasteiger partial charge in [0, 0.05) is 6.54 Å². The maximum absolute atomic E-state index is 10.8. The lowest BCUT2D eigenvalue weighted by Crippen LogP contribution is -2.35. The van der Waals surface area contributed by atoms with E-state index < -0.39 is 5.97 Å². The van der Waals surface area contributed by atoms with Crippen molar-refractivity contribution in [2.45, 2.75) is 19.4 Å². The van der Waals surface area contributed by atoms with Crippen LogP contribution in [-0.2, 0) is 11.3 Å². The first-order valence-corrected chi connectivity index (χ1v) is 7.02. The van der Waals surface area contributed by atoms with Gasteiger partial charge in [0.05, 0.1) is 14.6 Å². The zero-order chi connectivity index (χ0) is 12.4. The topological polar surface area (TPSA) is 40.5 Å². The summed E-state index contributed by atoms with van der Waals surface area (Å²) in [6.45, 7) is 2.37. The minimum Gasteiger partial charge on any atom is -0.481 e. The lowest BCUT2D eigenvalue weighted by atomic mass is 9.97. The summed E-state index contributed by atoms with van der Waals surface area (Å²) in [5.41, 5.74) is 1.04. The molecule has 1 saturated heterocycles. The van der Waals surface area contributed by atoms with Gasteiger partial charge in [0.2, 0.25) is 0 Å². The first-order chi connectivity index (χ1) is 8.06. The van der Waals surface area contributed by atoms with Crippen LogP contribution in [0.5, 0.6) is 0 Å². The third kappa shape index (κ3) is 3.35. The number of thiophene rings is 1. The second kappa shape index (κ2) is 5.57. The summed E-state index contributed by atoms with van der Waals surface area (Å²) < 4.78 is 1.43. The lowest BCUT2D eigenvalue weighted by molar-refractivity contribution is -0.143. The number of rotatable bonds is 3. The van der Waals surface area contributed by atoms with Gasteiger partial charge < -0.3 is 5.11 Å². The predicted octanol–water partition coefficient (Wildman–Crippen LogP) is 3.35. The van der Waals surface area contributed by atoms with Crippen LogP contribution in [0.15, 0.2) is 6.07 Å². The van der Waals surface area contributed by atoms with E-state index in [1.807, 2.05) is 6.07 Å². The van der Waals surface area contributed by atoms with Crippen molar-refractivity contribution >= 4 is 40.5 Å². The molecule has 0 bridgehead atoms. The van der Waals surface area contributed by atoms with Crippen molar-refractivity contribution in [3.8, 4) is 0 Å². The maximum atomic E-state index is 10.8. The molecule has 2 heterocycles. The second-order valence-corrected chi connectivity index (χ2v) is 6.52. The Balaban J connectivity index is 1.90. The van der Waals surface area contributed by atoms with Gasteiger partial charge in [0.25, 0.3) is 0 Å². The first kappa shape index (κ1) is 13.1. The molecular weight excluding hydrogens is 281 g/mol. The number of carboxylic acid groups (broad SMARTS) is 1. The molecular formula is C11H13Cl2NO2S. The smallest absolute Gasteiger partial charge is 0.306 e. The molecule has 0 unspecified atom stereocenters. The minimum absolute atomic E-state index is 0.187. The van der Waals surface area contributed by atoms with Crippen molar-refractivity contribution in [2.24, 2.45) is 5.92 Å². The second-order valence-electron chi connectivity index (χ2n) is 4.24. The zero-order valence-electron chi connectivity index (χ0n) is 9.16. The van der Waals surface area contributed by atoms with Gasteiger partial charge >= 0.3 is 5.97 Å². The largest absolute Gasteiger partial charge is 0.481 e. The fourth-order valence-corrected chi connectivity index (χ4v) is 3.53. The molecule has 1 aromatic rings. The maximum Gasteiger partial charge on any atom is 0.306 e. The van der Waals surface area contributed by atoms with E-state index in [0.717, 1.165) is 29.5 Å². The average Bonchev–Trinajstić information content (AvgIpc) is 2.58. The summed E-state index contributed by atoms with van der Waals surface area (Å²) in [5, 5.41) is 8.91. The zero-order valence-corrected chi connectivity index (χ0v) is 11.5. The van der Waals surface area contributed by atoms with Crippen LogP contribution >= 0.6 is 34.5 Å². The van der Waals surface area contributed by atoms with Crippen LogP contribution in [0.3, 0.4) is 0 Å². The standard InChI is InChI=1S/C11H13Cl2NO2S/c12-9-5-8(10(13)17-9)6-14-3-1-7(2-4-14)11(15)16/h5,7H,1-4,6H2,(H,15,16). The molecule has 1 aliphatic heterocycles. The van der Waals surface area contributed by atoms with Crippen molar-refractivity contribution in [3.63, 3.8) is 0 Å². The highest BCUT2D eigenvalue weighted by molar-refractivity contribution is 7.20. The van der Waals surface area contributed by atoms with Crippen LogP contribution in [0.4, 0.5) is 0 Å². The summed E-state index contributed by atoms with van der Waals surface area (Å²) in [7, 11) is 0. The van der Waals surface area contributed by atoms with Gasteiger partial charge in [0.1, 0.15) is 0 Å². The molecule has 0 atom stereocenters. The summed E-state index contributed by atoms with van der Waals surface area (Å²) in [6.07, 6.45) is 1.43. The number of carbonyl (C=O) groups is 1. The molecule has 1 aliphatic rings. The third-order valence-electron chi connectivity index (χ3n) is 3.06. The van der Waals surface area contributed by atoms with Crippen LogP contribution in [-0.4, -0.2) is 29.1 Å².